The third-order valence-corrected chi connectivity index (χ3v) is 7.51. The van der Waals surface area contributed by atoms with Gasteiger partial charge in [-0.3, -0.25) is 0 Å². The van der Waals surface area contributed by atoms with Gasteiger partial charge in [0.05, 0.1) is 0 Å². The summed E-state index contributed by atoms with van der Waals surface area (Å²) >= 11 is 4.47. The van der Waals surface area contributed by atoms with Crippen LogP contribution in [0.3, 0.4) is 0 Å². The van der Waals surface area contributed by atoms with Crippen molar-refractivity contribution < 1.29 is 0 Å². The highest BCUT2D eigenvalue weighted by Crippen LogP contribution is 2.41. The summed E-state index contributed by atoms with van der Waals surface area (Å²) in [6.07, 6.45) is 7.03. The van der Waals surface area contributed by atoms with Gasteiger partial charge in [-0.1, -0.05) is 20.3 Å². The molecule has 1 aliphatic heterocycles. The highest BCUT2D eigenvalue weighted by atomic mass is 32.2. The Labute approximate surface area is 115 Å². The van der Waals surface area contributed by atoms with Crippen LogP contribution in [0, 0.1) is 5.92 Å². The van der Waals surface area contributed by atoms with Gasteiger partial charge in [-0.2, -0.15) is 23.5 Å². The van der Waals surface area contributed by atoms with E-state index in [0.29, 0.717) is 0 Å². The normalized spacial score (nSPS) is 32.1. The highest BCUT2D eigenvalue weighted by molar-refractivity contribution is 8.07. The Balaban J connectivity index is 1.95. The van der Waals surface area contributed by atoms with Crippen LogP contribution in [0.4, 0.5) is 0 Å². The van der Waals surface area contributed by atoms with E-state index in [2.05, 4.69) is 42.7 Å². The summed E-state index contributed by atoms with van der Waals surface area (Å²) in [7, 11) is 0. The highest BCUT2D eigenvalue weighted by Gasteiger charge is 2.38. The van der Waals surface area contributed by atoms with Crippen LogP contribution in [-0.4, -0.2) is 34.6 Å². The fourth-order valence-electron chi connectivity index (χ4n) is 2.93. The molecule has 0 aromatic heterocycles. The molecule has 3 unspecified atom stereocenters. The van der Waals surface area contributed by atoms with Gasteiger partial charge in [0, 0.05) is 28.0 Å². The largest absolute Gasteiger partial charge is 0.313 e. The fourth-order valence-corrected chi connectivity index (χ4v) is 6.28. The van der Waals surface area contributed by atoms with Crippen LogP contribution in [0.25, 0.3) is 0 Å². The SMILES string of the molecule is CCCNC(C1CCC1)C1SCCSC1CC. The molecule has 2 fully saturated rings. The van der Waals surface area contributed by atoms with Gasteiger partial charge in [-0.15, -0.1) is 0 Å². The summed E-state index contributed by atoms with van der Waals surface area (Å²) in [5.74, 6) is 3.71. The van der Waals surface area contributed by atoms with E-state index in [1.54, 1.807) is 0 Å². The number of hydrogen-bond donors (Lipinski definition) is 1. The Kier molecular flexibility index (Phi) is 6.04. The van der Waals surface area contributed by atoms with Gasteiger partial charge in [0.15, 0.2) is 0 Å². The molecule has 0 radical (unpaired) electrons. The van der Waals surface area contributed by atoms with Crippen LogP contribution >= 0.6 is 23.5 Å². The molecule has 3 atom stereocenters. The maximum absolute atomic E-state index is 3.87. The summed E-state index contributed by atoms with van der Waals surface area (Å²) in [5.41, 5.74) is 0. The first-order valence-corrected chi connectivity index (χ1v) is 9.43. The molecule has 0 aromatic carbocycles. The van der Waals surface area contributed by atoms with E-state index in [0.717, 1.165) is 22.5 Å². The van der Waals surface area contributed by atoms with Crippen molar-refractivity contribution in [2.75, 3.05) is 18.1 Å². The predicted molar refractivity (Wildman–Crippen MR) is 82.2 cm³/mol. The van der Waals surface area contributed by atoms with Crippen LogP contribution in [-0.2, 0) is 0 Å². The number of rotatable bonds is 6. The molecule has 100 valence electrons. The molecular weight excluding hydrogens is 246 g/mol. The Bertz CT molecular complexity index is 218. The zero-order valence-electron chi connectivity index (χ0n) is 11.3. The summed E-state index contributed by atoms with van der Waals surface area (Å²) < 4.78 is 0. The van der Waals surface area contributed by atoms with E-state index < -0.39 is 0 Å². The molecule has 1 N–H and O–H groups in total. The maximum Gasteiger partial charge on any atom is 0.0322 e. The van der Waals surface area contributed by atoms with Gasteiger partial charge in [-0.05, 0) is 38.1 Å². The third kappa shape index (κ3) is 3.57. The van der Waals surface area contributed by atoms with E-state index in [1.807, 2.05) is 0 Å². The van der Waals surface area contributed by atoms with Gasteiger partial charge in [0.2, 0.25) is 0 Å². The molecule has 1 saturated carbocycles. The van der Waals surface area contributed by atoms with E-state index in [-0.39, 0.29) is 0 Å². The zero-order chi connectivity index (χ0) is 12.1. The van der Waals surface area contributed by atoms with Crippen molar-refractivity contribution in [3.63, 3.8) is 0 Å². The van der Waals surface area contributed by atoms with Crippen molar-refractivity contribution in [2.45, 2.75) is 62.5 Å². The molecule has 17 heavy (non-hydrogen) atoms. The molecule has 0 bridgehead atoms. The molecule has 1 nitrogen and oxygen atoms in total. The lowest BCUT2D eigenvalue weighted by Crippen LogP contribution is -2.51. The average Bonchev–Trinajstić information content (AvgIpc) is 2.32. The first kappa shape index (κ1) is 14.1. The van der Waals surface area contributed by atoms with E-state index >= 15 is 0 Å². The van der Waals surface area contributed by atoms with Crippen molar-refractivity contribution in [2.24, 2.45) is 5.92 Å². The standard InChI is InChI=1S/C14H27NS2/c1-3-8-15-13(11-6-5-7-11)14-12(4-2)16-9-10-17-14/h11-15H,3-10H2,1-2H3. The van der Waals surface area contributed by atoms with E-state index in [1.165, 1.54) is 50.2 Å². The van der Waals surface area contributed by atoms with Gasteiger partial charge >= 0.3 is 0 Å². The van der Waals surface area contributed by atoms with Gasteiger partial charge < -0.3 is 5.32 Å². The number of nitrogens with one attached hydrogen (secondary N) is 1. The minimum Gasteiger partial charge on any atom is -0.313 e. The van der Waals surface area contributed by atoms with Crippen LogP contribution in [0.1, 0.15) is 46.0 Å². The Morgan fingerprint density at radius 3 is 2.53 bits per heavy atom. The second-order valence-corrected chi connectivity index (χ2v) is 7.96. The molecule has 0 spiro atoms. The minimum absolute atomic E-state index is 0.798. The summed E-state index contributed by atoms with van der Waals surface area (Å²) in [5, 5.41) is 5.63. The average molecular weight is 274 g/mol. The first-order valence-electron chi connectivity index (χ1n) is 7.33. The van der Waals surface area contributed by atoms with Crippen LogP contribution in [0.2, 0.25) is 0 Å². The van der Waals surface area contributed by atoms with E-state index in [9.17, 15) is 0 Å². The third-order valence-electron chi connectivity index (χ3n) is 4.14. The van der Waals surface area contributed by atoms with Crippen LogP contribution in [0.5, 0.6) is 0 Å². The molecule has 0 amide bonds. The lowest BCUT2D eigenvalue weighted by atomic mass is 9.77. The summed E-state index contributed by atoms with van der Waals surface area (Å²) in [6, 6.07) is 0.798. The lowest BCUT2D eigenvalue weighted by molar-refractivity contribution is 0.222. The Morgan fingerprint density at radius 2 is 1.94 bits per heavy atom. The summed E-state index contributed by atoms with van der Waals surface area (Å²) in [4.78, 5) is 0. The second kappa shape index (κ2) is 7.30. The van der Waals surface area contributed by atoms with Crippen molar-refractivity contribution in [1.29, 1.82) is 0 Å². The van der Waals surface area contributed by atoms with Crippen molar-refractivity contribution in [1.82, 2.24) is 5.32 Å². The number of thioether (sulfide) groups is 2. The summed E-state index contributed by atoms with van der Waals surface area (Å²) in [6.45, 7) is 5.86. The number of hydrogen-bond acceptors (Lipinski definition) is 3. The molecule has 0 aromatic rings. The molecule has 2 aliphatic rings. The predicted octanol–water partition coefficient (Wildman–Crippen LogP) is 3.78. The molecule has 1 aliphatic carbocycles. The lowest BCUT2D eigenvalue weighted by Gasteiger charge is -2.43. The Morgan fingerprint density at radius 1 is 1.18 bits per heavy atom. The first-order chi connectivity index (χ1) is 8.36. The topological polar surface area (TPSA) is 12.0 Å². The Hall–Kier alpha value is 0.660. The second-order valence-electron chi connectivity index (χ2n) is 5.32. The fraction of sp³-hybridized carbons (Fsp3) is 1.00. The molecule has 1 heterocycles. The maximum atomic E-state index is 3.87. The minimum atomic E-state index is 0.798. The van der Waals surface area contributed by atoms with Crippen LogP contribution < -0.4 is 5.32 Å². The molecular formula is C14H27NS2. The van der Waals surface area contributed by atoms with Gasteiger partial charge in [0.1, 0.15) is 0 Å². The smallest absolute Gasteiger partial charge is 0.0322 e. The molecule has 3 heteroatoms. The molecule has 2 rings (SSSR count). The quantitative estimate of drug-likeness (QED) is 0.791. The van der Waals surface area contributed by atoms with Gasteiger partial charge in [-0.25, -0.2) is 0 Å². The zero-order valence-corrected chi connectivity index (χ0v) is 12.9. The van der Waals surface area contributed by atoms with Gasteiger partial charge in [0.25, 0.3) is 0 Å². The van der Waals surface area contributed by atoms with Crippen molar-refractivity contribution >= 4 is 23.5 Å². The van der Waals surface area contributed by atoms with Crippen LogP contribution in [0.15, 0.2) is 0 Å². The van der Waals surface area contributed by atoms with E-state index in [4.69, 9.17) is 0 Å². The van der Waals surface area contributed by atoms with Crippen molar-refractivity contribution in [3.05, 3.63) is 0 Å². The van der Waals surface area contributed by atoms with Crippen molar-refractivity contribution in [3.8, 4) is 0 Å². The monoisotopic (exact) mass is 273 g/mol. The molecule has 1 saturated heterocycles.